The minimum absolute atomic E-state index is 0.250. The molecule has 2 aromatic rings. The predicted octanol–water partition coefficient (Wildman–Crippen LogP) is 0.767. The number of nitrogens with zero attached hydrogens (tertiary/aromatic N) is 1. The summed E-state index contributed by atoms with van der Waals surface area (Å²) >= 11 is 0. The van der Waals surface area contributed by atoms with Gasteiger partial charge in [0.15, 0.2) is 0 Å². The van der Waals surface area contributed by atoms with Gasteiger partial charge in [0.1, 0.15) is 5.84 Å². The lowest BCUT2D eigenvalue weighted by atomic mass is 10.1. The summed E-state index contributed by atoms with van der Waals surface area (Å²) in [5.41, 5.74) is 12.6. The van der Waals surface area contributed by atoms with Crippen molar-refractivity contribution in [1.29, 1.82) is 5.41 Å². The van der Waals surface area contributed by atoms with Gasteiger partial charge in [0.05, 0.1) is 0 Å². The van der Waals surface area contributed by atoms with Gasteiger partial charge in [-0.2, -0.15) is 4.99 Å². The van der Waals surface area contributed by atoms with Crippen LogP contribution in [0.3, 0.4) is 0 Å². The molecule has 0 fully saturated rings. The number of nitrogens with one attached hydrogen (secondary N) is 2. The first-order valence-corrected chi connectivity index (χ1v) is 4.43. The number of para-hydroxylation sites is 1. The summed E-state index contributed by atoms with van der Waals surface area (Å²) in [7, 11) is 0. The Labute approximate surface area is 86.3 Å². The zero-order valence-electron chi connectivity index (χ0n) is 7.99. The van der Waals surface area contributed by atoms with Crippen molar-refractivity contribution in [1.82, 2.24) is 4.98 Å². The molecule has 0 saturated carbocycles. The number of nitrogens with two attached hydrogens (primary N) is 2. The number of hydrogen-bond donors (Lipinski definition) is 4. The van der Waals surface area contributed by atoms with E-state index in [1.807, 2.05) is 24.3 Å². The zero-order valence-corrected chi connectivity index (χ0v) is 7.99. The average Bonchev–Trinajstić information content (AvgIpc) is 2.59. The highest BCUT2D eigenvalue weighted by atomic mass is 15.0. The summed E-state index contributed by atoms with van der Waals surface area (Å²) in [5, 5.41) is 8.01. The lowest BCUT2D eigenvalue weighted by Gasteiger charge is -1.97. The molecule has 15 heavy (non-hydrogen) atoms. The Morgan fingerprint density at radius 3 is 2.73 bits per heavy atom. The number of hydrogen-bond acceptors (Lipinski definition) is 1. The van der Waals surface area contributed by atoms with Crippen molar-refractivity contribution in [2.75, 3.05) is 0 Å². The van der Waals surface area contributed by atoms with E-state index in [1.54, 1.807) is 6.20 Å². The van der Waals surface area contributed by atoms with Crippen LogP contribution in [0.5, 0.6) is 0 Å². The molecule has 0 aliphatic carbocycles. The summed E-state index contributed by atoms with van der Waals surface area (Å²) in [6.07, 6.45) is 1.76. The van der Waals surface area contributed by atoms with E-state index in [0.717, 1.165) is 16.5 Å². The number of benzene rings is 1. The molecule has 6 N–H and O–H groups in total. The second-order valence-electron chi connectivity index (χ2n) is 3.13. The van der Waals surface area contributed by atoms with Crippen molar-refractivity contribution in [2.24, 2.45) is 16.5 Å². The van der Waals surface area contributed by atoms with Crippen LogP contribution in [0.4, 0.5) is 0 Å². The Kier molecular flexibility index (Phi) is 2.13. The average molecular weight is 201 g/mol. The smallest absolute Gasteiger partial charge is 0.214 e. The minimum Gasteiger partial charge on any atom is -0.383 e. The largest absolute Gasteiger partial charge is 0.383 e. The van der Waals surface area contributed by atoms with E-state index in [2.05, 4.69) is 9.98 Å². The number of amidine groups is 1. The molecule has 0 aliphatic heterocycles. The Balaban J connectivity index is 2.57. The molecule has 5 nitrogen and oxygen atoms in total. The molecule has 5 heteroatoms. The van der Waals surface area contributed by atoms with Crippen molar-refractivity contribution >= 4 is 22.7 Å². The second kappa shape index (κ2) is 3.45. The van der Waals surface area contributed by atoms with Crippen molar-refractivity contribution < 1.29 is 0 Å². The van der Waals surface area contributed by atoms with Gasteiger partial charge in [-0.05, 0) is 6.07 Å². The first-order chi connectivity index (χ1) is 7.18. The van der Waals surface area contributed by atoms with Crippen LogP contribution in [0.2, 0.25) is 0 Å². The van der Waals surface area contributed by atoms with Gasteiger partial charge in [-0.15, -0.1) is 0 Å². The minimum atomic E-state index is -0.294. The van der Waals surface area contributed by atoms with Crippen LogP contribution < -0.4 is 11.5 Å². The third-order valence-corrected chi connectivity index (χ3v) is 2.11. The summed E-state index contributed by atoms with van der Waals surface area (Å²) in [4.78, 5) is 6.78. The van der Waals surface area contributed by atoms with Gasteiger partial charge in [-0.25, -0.2) is 0 Å². The van der Waals surface area contributed by atoms with Gasteiger partial charge in [0.2, 0.25) is 5.96 Å². The van der Waals surface area contributed by atoms with Crippen LogP contribution in [0, 0.1) is 5.41 Å². The van der Waals surface area contributed by atoms with Crippen LogP contribution in [0.15, 0.2) is 35.5 Å². The highest BCUT2D eigenvalue weighted by molar-refractivity contribution is 6.11. The summed E-state index contributed by atoms with van der Waals surface area (Å²) in [5.74, 6) is -0.0438. The molecule has 0 radical (unpaired) electrons. The molecule has 0 spiro atoms. The maximum absolute atomic E-state index is 7.04. The van der Waals surface area contributed by atoms with Crippen molar-refractivity contribution in [3.63, 3.8) is 0 Å². The molecular formula is C10H11N5. The lowest BCUT2D eigenvalue weighted by molar-refractivity contribution is 1.36. The van der Waals surface area contributed by atoms with Gasteiger partial charge in [0, 0.05) is 22.7 Å². The lowest BCUT2D eigenvalue weighted by Crippen LogP contribution is -2.18. The normalized spacial score (nSPS) is 11.9. The Bertz CT molecular complexity index is 537. The van der Waals surface area contributed by atoms with Gasteiger partial charge in [0.25, 0.3) is 0 Å². The number of H-pyrrole nitrogens is 1. The maximum Gasteiger partial charge on any atom is 0.214 e. The SMILES string of the molecule is N=C(N)/N=C(\N)c1c[nH]c2ccccc12. The van der Waals surface area contributed by atoms with Crippen LogP contribution >= 0.6 is 0 Å². The van der Waals surface area contributed by atoms with Crippen molar-refractivity contribution in [3.05, 3.63) is 36.0 Å². The van der Waals surface area contributed by atoms with E-state index in [0.29, 0.717) is 0 Å². The van der Waals surface area contributed by atoms with E-state index < -0.39 is 0 Å². The molecule has 1 aromatic carbocycles. The van der Waals surface area contributed by atoms with E-state index in [4.69, 9.17) is 16.9 Å². The van der Waals surface area contributed by atoms with Gasteiger partial charge < -0.3 is 16.5 Å². The third kappa shape index (κ3) is 1.67. The second-order valence-corrected chi connectivity index (χ2v) is 3.13. The van der Waals surface area contributed by atoms with Crippen LogP contribution in [0.25, 0.3) is 10.9 Å². The first kappa shape index (κ1) is 9.26. The highest BCUT2D eigenvalue weighted by Gasteiger charge is 2.06. The highest BCUT2D eigenvalue weighted by Crippen LogP contribution is 2.16. The maximum atomic E-state index is 7.04. The number of rotatable bonds is 1. The van der Waals surface area contributed by atoms with Gasteiger partial charge in [-0.1, -0.05) is 18.2 Å². The monoisotopic (exact) mass is 201 g/mol. The van der Waals surface area contributed by atoms with Crippen LogP contribution in [-0.4, -0.2) is 16.8 Å². The molecule has 0 bridgehead atoms. The molecule has 0 amide bonds. The standard InChI is InChI=1S/C10H11N5/c11-9(15-10(12)13)7-5-14-8-4-2-1-3-6(7)8/h1-5,14H,(H5,11,12,13,15). The Hall–Kier alpha value is -2.30. The van der Waals surface area contributed by atoms with Crippen LogP contribution in [0.1, 0.15) is 5.56 Å². The topological polar surface area (TPSA) is 104 Å². The molecule has 1 heterocycles. The fraction of sp³-hybridized carbons (Fsp3) is 0. The van der Waals surface area contributed by atoms with E-state index in [1.165, 1.54) is 0 Å². The molecule has 2 rings (SSSR count). The fourth-order valence-electron chi connectivity index (χ4n) is 1.47. The molecule has 0 aliphatic rings. The number of aromatic nitrogens is 1. The predicted molar refractivity (Wildman–Crippen MR) is 60.9 cm³/mol. The van der Waals surface area contributed by atoms with E-state index >= 15 is 0 Å². The fourth-order valence-corrected chi connectivity index (χ4v) is 1.47. The zero-order chi connectivity index (χ0) is 10.8. The summed E-state index contributed by atoms with van der Waals surface area (Å²) < 4.78 is 0. The van der Waals surface area contributed by atoms with Gasteiger partial charge >= 0.3 is 0 Å². The molecule has 0 atom stereocenters. The third-order valence-electron chi connectivity index (χ3n) is 2.11. The number of aromatic amines is 1. The quantitative estimate of drug-likeness (QED) is 0.404. The number of aliphatic imine (C=N–C) groups is 1. The van der Waals surface area contributed by atoms with E-state index in [-0.39, 0.29) is 11.8 Å². The van der Waals surface area contributed by atoms with Gasteiger partial charge in [-0.3, -0.25) is 5.41 Å². The molecule has 76 valence electrons. The first-order valence-electron chi connectivity index (χ1n) is 4.43. The van der Waals surface area contributed by atoms with Crippen molar-refractivity contribution in [2.45, 2.75) is 0 Å². The van der Waals surface area contributed by atoms with Crippen LogP contribution in [-0.2, 0) is 0 Å². The number of guanidine groups is 1. The molecule has 0 saturated heterocycles. The molecular weight excluding hydrogens is 190 g/mol. The number of fused-ring (bicyclic) bond motifs is 1. The Morgan fingerprint density at radius 2 is 2.00 bits per heavy atom. The Morgan fingerprint density at radius 1 is 1.27 bits per heavy atom. The molecule has 1 aromatic heterocycles. The summed E-state index contributed by atoms with van der Waals surface area (Å²) in [6, 6.07) is 7.73. The molecule has 0 unspecified atom stereocenters. The van der Waals surface area contributed by atoms with Crippen molar-refractivity contribution in [3.8, 4) is 0 Å². The van der Waals surface area contributed by atoms with E-state index in [9.17, 15) is 0 Å². The summed E-state index contributed by atoms with van der Waals surface area (Å²) in [6.45, 7) is 0.